The average molecular weight is 292 g/mol. The molecule has 1 aromatic carbocycles. The monoisotopic (exact) mass is 292 g/mol. The molecule has 0 aliphatic carbocycles. The summed E-state index contributed by atoms with van der Waals surface area (Å²) in [6, 6.07) is 8.88. The highest BCUT2D eigenvalue weighted by atomic mass is 16.3. The van der Waals surface area contributed by atoms with Crippen LogP contribution in [0.1, 0.15) is 39.3 Å². The first-order valence-electron chi connectivity index (χ1n) is 7.25. The van der Waals surface area contributed by atoms with Gasteiger partial charge >= 0.3 is 0 Å². The molecule has 2 aromatic rings. The van der Waals surface area contributed by atoms with Gasteiger partial charge in [0, 0.05) is 17.9 Å². The fraction of sp³-hybridized carbons (Fsp3) is 0.222. The maximum atomic E-state index is 12.5. The van der Waals surface area contributed by atoms with E-state index in [-0.39, 0.29) is 11.5 Å². The molecule has 0 radical (unpaired) electrons. The van der Waals surface area contributed by atoms with Gasteiger partial charge in [0.05, 0.1) is 11.1 Å². The zero-order chi connectivity index (χ0) is 15.7. The van der Waals surface area contributed by atoms with E-state index < -0.39 is 0 Å². The van der Waals surface area contributed by atoms with E-state index in [9.17, 15) is 15.2 Å². The van der Waals surface area contributed by atoms with Crippen molar-refractivity contribution in [1.29, 1.82) is 5.26 Å². The van der Waals surface area contributed by atoms with E-state index in [1.54, 1.807) is 30.3 Å². The molecule has 3 rings (SSSR count). The Morgan fingerprint density at radius 2 is 2.27 bits per heavy atom. The van der Waals surface area contributed by atoms with Crippen LogP contribution in [0.2, 0.25) is 0 Å². The van der Waals surface area contributed by atoms with Crippen LogP contribution in [0.15, 0.2) is 30.3 Å². The molecule has 0 spiro atoms. The first kappa shape index (κ1) is 14.2. The highest BCUT2D eigenvalue weighted by molar-refractivity contribution is 6.09. The summed E-state index contributed by atoms with van der Waals surface area (Å²) < 4.78 is 2.08. The fourth-order valence-corrected chi connectivity index (χ4v) is 3.07. The lowest BCUT2D eigenvalue weighted by atomic mass is 10.0. The average Bonchev–Trinajstić information content (AvgIpc) is 3.07. The summed E-state index contributed by atoms with van der Waals surface area (Å²) in [5.74, 6) is -0.00868. The van der Waals surface area contributed by atoms with Crippen LogP contribution >= 0.6 is 0 Å². The van der Waals surface area contributed by atoms with Crippen LogP contribution in [0, 0.1) is 18.3 Å². The summed E-state index contributed by atoms with van der Waals surface area (Å²) in [6.07, 6.45) is 5.00. The zero-order valence-electron chi connectivity index (χ0n) is 12.3. The largest absolute Gasteiger partial charge is 0.508 e. The predicted molar refractivity (Wildman–Crippen MR) is 83.7 cm³/mol. The Kier molecular flexibility index (Phi) is 3.56. The number of aromatic nitrogens is 1. The van der Waals surface area contributed by atoms with Gasteiger partial charge in [-0.15, -0.1) is 0 Å². The number of carbonyl (C=O) groups is 1. The van der Waals surface area contributed by atoms with E-state index >= 15 is 0 Å². The standard InChI is InChI=1S/C18H16N2O2/c1-12-18(15(11-19)16-6-3-9-20(12)16)17(22)8-7-13-4-2-5-14(21)10-13/h2,4-5,7-8,10,21H,3,6,9H2,1H3/b8-7+. The number of phenolic OH excluding ortho intramolecular Hbond substituents is 1. The Bertz CT molecular complexity index is 822. The molecule has 4 heteroatoms. The van der Waals surface area contributed by atoms with Crippen molar-refractivity contribution in [2.24, 2.45) is 0 Å². The number of nitrogens with zero attached hydrogens (tertiary/aromatic N) is 2. The molecule has 4 nitrogen and oxygen atoms in total. The van der Waals surface area contributed by atoms with Crippen molar-refractivity contribution >= 4 is 11.9 Å². The van der Waals surface area contributed by atoms with Gasteiger partial charge in [0.2, 0.25) is 0 Å². The Morgan fingerprint density at radius 3 is 3.00 bits per heavy atom. The van der Waals surface area contributed by atoms with Gasteiger partial charge in [-0.05, 0) is 43.5 Å². The van der Waals surface area contributed by atoms with Crippen LogP contribution in [0.5, 0.6) is 5.75 Å². The molecular formula is C18H16N2O2. The molecule has 1 aliphatic heterocycles. The van der Waals surface area contributed by atoms with Crippen molar-refractivity contribution in [2.75, 3.05) is 0 Å². The highest BCUT2D eigenvalue weighted by Gasteiger charge is 2.26. The number of carbonyl (C=O) groups excluding carboxylic acids is 1. The summed E-state index contributed by atoms with van der Waals surface area (Å²) in [4.78, 5) is 12.5. The number of phenols is 1. The normalized spacial score (nSPS) is 13.3. The van der Waals surface area contributed by atoms with Crippen molar-refractivity contribution in [3.8, 4) is 11.8 Å². The lowest BCUT2D eigenvalue weighted by Crippen LogP contribution is -2.01. The van der Waals surface area contributed by atoms with Crippen molar-refractivity contribution in [2.45, 2.75) is 26.3 Å². The number of hydrogen-bond donors (Lipinski definition) is 1. The van der Waals surface area contributed by atoms with Crippen molar-refractivity contribution in [1.82, 2.24) is 4.57 Å². The summed E-state index contributed by atoms with van der Waals surface area (Å²) in [5, 5.41) is 18.8. The van der Waals surface area contributed by atoms with Gasteiger partial charge < -0.3 is 9.67 Å². The maximum Gasteiger partial charge on any atom is 0.189 e. The molecule has 0 bridgehead atoms. The van der Waals surface area contributed by atoms with E-state index in [0.29, 0.717) is 11.1 Å². The topological polar surface area (TPSA) is 66.0 Å². The summed E-state index contributed by atoms with van der Waals surface area (Å²) in [5.41, 5.74) is 3.62. The third-order valence-corrected chi connectivity index (χ3v) is 4.08. The van der Waals surface area contributed by atoms with Gasteiger partial charge in [-0.1, -0.05) is 18.2 Å². The third kappa shape index (κ3) is 2.31. The second kappa shape index (κ2) is 5.53. The van der Waals surface area contributed by atoms with Crippen molar-refractivity contribution in [3.63, 3.8) is 0 Å². The molecule has 0 saturated heterocycles. The van der Waals surface area contributed by atoms with Crippen LogP contribution in [-0.2, 0) is 13.0 Å². The number of benzene rings is 1. The molecule has 0 saturated carbocycles. The Hall–Kier alpha value is -2.80. The van der Waals surface area contributed by atoms with Crippen LogP contribution in [0.4, 0.5) is 0 Å². The summed E-state index contributed by atoms with van der Waals surface area (Å²) >= 11 is 0. The second-order valence-electron chi connectivity index (χ2n) is 5.44. The Morgan fingerprint density at radius 1 is 1.45 bits per heavy atom. The van der Waals surface area contributed by atoms with E-state index in [0.717, 1.165) is 36.3 Å². The van der Waals surface area contributed by atoms with Gasteiger partial charge in [-0.2, -0.15) is 5.26 Å². The van der Waals surface area contributed by atoms with Crippen LogP contribution in [0.25, 0.3) is 6.08 Å². The number of hydrogen-bond acceptors (Lipinski definition) is 3. The number of ketones is 1. The summed E-state index contributed by atoms with van der Waals surface area (Å²) in [6.45, 7) is 2.77. The van der Waals surface area contributed by atoms with E-state index in [2.05, 4.69) is 10.6 Å². The quantitative estimate of drug-likeness (QED) is 0.697. The predicted octanol–water partition coefficient (Wildman–Crippen LogP) is 3.22. The minimum atomic E-state index is -0.167. The van der Waals surface area contributed by atoms with Gasteiger partial charge in [0.15, 0.2) is 5.78 Å². The van der Waals surface area contributed by atoms with Crippen molar-refractivity contribution < 1.29 is 9.90 Å². The number of allylic oxidation sites excluding steroid dienone is 1. The van der Waals surface area contributed by atoms with Gasteiger partial charge in [0.1, 0.15) is 11.8 Å². The molecule has 1 aliphatic rings. The molecule has 0 unspecified atom stereocenters. The van der Waals surface area contributed by atoms with Gasteiger partial charge in [-0.25, -0.2) is 0 Å². The molecule has 0 atom stereocenters. The Labute approximate surface area is 128 Å². The smallest absolute Gasteiger partial charge is 0.189 e. The van der Waals surface area contributed by atoms with E-state index in [1.807, 2.05) is 6.92 Å². The maximum absolute atomic E-state index is 12.5. The number of fused-ring (bicyclic) bond motifs is 1. The zero-order valence-corrected chi connectivity index (χ0v) is 12.3. The molecule has 0 fully saturated rings. The van der Waals surface area contributed by atoms with Gasteiger partial charge in [-0.3, -0.25) is 4.79 Å². The lowest BCUT2D eigenvalue weighted by Gasteiger charge is -2.01. The van der Waals surface area contributed by atoms with Crippen LogP contribution in [-0.4, -0.2) is 15.5 Å². The molecule has 2 heterocycles. The highest BCUT2D eigenvalue weighted by Crippen LogP contribution is 2.29. The minimum absolute atomic E-state index is 0.159. The molecule has 1 aromatic heterocycles. The molecule has 22 heavy (non-hydrogen) atoms. The van der Waals surface area contributed by atoms with Gasteiger partial charge in [0.25, 0.3) is 0 Å². The first-order valence-corrected chi connectivity index (χ1v) is 7.25. The van der Waals surface area contributed by atoms with E-state index in [1.165, 1.54) is 6.08 Å². The minimum Gasteiger partial charge on any atom is -0.508 e. The van der Waals surface area contributed by atoms with Crippen molar-refractivity contribution in [3.05, 3.63) is 58.4 Å². The summed E-state index contributed by atoms with van der Waals surface area (Å²) in [7, 11) is 0. The SMILES string of the molecule is Cc1c(C(=O)/C=C/c2cccc(O)c2)c(C#N)c2n1CCC2. The van der Waals surface area contributed by atoms with Crippen LogP contribution in [0.3, 0.4) is 0 Å². The number of aromatic hydroxyl groups is 1. The Balaban J connectivity index is 1.95. The number of nitriles is 1. The molecule has 1 N–H and O–H groups in total. The number of rotatable bonds is 3. The first-order chi connectivity index (χ1) is 10.6. The lowest BCUT2D eigenvalue weighted by molar-refractivity contribution is 0.104. The fourth-order valence-electron chi connectivity index (χ4n) is 3.07. The third-order valence-electron chi connectivity index (χ3n) is 4.08. The van der Waals surface area contributed by atoms with Crippen LogP contribution < -0.4 is 0 Å². The van der Waals surface area contributed by atoms with E-state index in [4.69, 9.17) is 0 Å². The molecular weight excluding hydrogens is 276 g/mol. The second-order valence-corrected chi connectivity index (χ2v) is 5.44. The molecule has 110 valence electrons. The molecule has 0 amide bonds.